The summed E-state index contributed by atoms with van der Waals surface area (Å²) in [4.78, 5) is 25.9. The van der Waals surface area contributed by atoms with Gasteiger partial charge in [0.1, 0.15) is 0 Å². The molecule has 1 aliphatic rings. The molecule has 1 amide bonds. The van der Waals surface area contributed by atoms with Gasteiger partial charge in [-0.2, -0.15) is 0 Å². The van der Waals surface area contributed by atoms with E-state index >= 15 is 0 Å². The minimum absolute atomic E-state index is 0.0125. The van der Waals surface area contributed by atoms with Crippen molar-refractivity contribution in [3.63, 3.8) is 0 Å². The Morgan fingerprint density at radius 1 is 1.31 bits per heavy atom. The van der Waals surface area contributed by atoms with Crippen LogP contribution in [-0.4, -0.2) is 52.5 Å². The standard InChI is InChI=1S/C22H34N2O5/c1-14(21(28)29)8-19(26)17(23)10-22(2,3)11-20(27)24-12-15(13-25)9-16-6-4-5-7-18(16)24/h4-7,14-15,17,19,25-26H,8-13,23H2,1-3H3,(H,28,29)/t14-,15-,17+,19+/m1/s1. The molecule has 0 saturated carbocycles. The van der Waals surface area contributed by atoms with Crippen LogP contribution in [0.5, 0.6) is 0 Å². The second-order valence-electron chi connectivity index (χ2n) is 9.14. The van der Waals surface area contributed by atoms with Gasteiger partial charge in [-0.25, -0.2) is 0 Å². The Balaban J connectivity index is 2.04. The highest BCUT2D eigenvalue weighted by molar-refractivity contribution is 5.95. The summed E-state index contributed by atoms with van der Waals surface area (Å²) in [6.07, 6.45) is 0.529. The zero-order valence-corrected chi connectivity index (χ0v) is 17.5. The van der Waals surface area contributed by atoms with E-state index in [9.17, 15) is 19.8 Å². The molecule has 7 heteroatoms. The van der Waals surface area contributed by atoms with E-state index in [1.165, 1.54) is 0 Å². The van der Waals surface area contributed by atoms with Crippen molar-refractivity contribution in [1.82, 2.24) is 0 Å². The topological polar surface area (TPSA) is 124 Å². The van der Waals surface area contributed by atoms with Crippen molar-refractivity contribution >= 4 is 17.6 Å². The van der Waals surface area contributed by atoms with Crippen LogP contribution in [0.1, 0.15) is 45.6 Å². The smallest absolute Gasteiger partial charge is 0.306 e. The van der Waals surface area contributed by atoms with E-state index < -0.39 is 29.4 Å². The molecule has 1 aromatic carbocycles. The molecule has 1 aliphatic heterocycles. The van der Waals surface area contributed by atoms with Gasteiger partial charge in [0.25, 0.3) is 0 Å². The fraction of sp³-hybridized carbons (Fsp3) is 0.636. The Hall–Kier alpha value is -1.96. The molecule has 2 rings (SSSR count). The van der Waals surface area contributed by atoms with Gasteiger partial charge < -0.3 is 26.0 Å². The molecule has 5 N–H and O–H groups in total. The van der Waals surface area contributed by atoms with Crippen molar-refractivity contribution in [2.45, 2.75) is 58.6 Å². The molecule has 4 atom stereocenters. The Bertz CT molecular complexity index is 721. The van der Waals surface area contributed by atoms with E-state index in [2.05, 4.69) is 0 Å². The molecule has 7 nitrogen and oxygen atoms in total. The lowest BCUT2D eigenvalue weighted by Gasteiger charge is -2.37. The third kappa shape index (κ3) is 6.26. The molecule has 162 valence electrons. The molecule has 0 spiro atoms. The molecular formula is C22H34N2O5. The van der Waals surface area contributed by atoms with Gasteiger partial charge in [0, 0.05) is 37.2 Å². The van der Waals surface area contributed by atoms with Crippen molar-refractivity contribution in [2.24, 2.45) is 23.0 Å². The first-order valence-corrected chi connectivity index (χ1v) is 10.2. The van der Waals surface area contributed by atoms with Crippen molar-refractivity contribution in [1.29, 1.82) is 0 Å². The van der Waals surface area contributed by atoms with Crippen molar-refractivity contribution in [2.75, 3.05) is 18.1 Å². The van der Waals surface area contributed by atoms with Crippen LogP contribution in [0.2, 0.25) is 0 Å². The number of amides is 1. The first kappa shape index (κ1) is 23.3. The number of nitrogens with zero attached hydrogens (tertiary/aromatic N) is 1. The normalized spacial score (nSPS) is 19.9. The van der Waals surface area contributed by atoms with Gasteiger partial charge in [0.05, 0.1) is 12.0 Å². The van der Waals surface area contributed by atoms with E-state index in [4.69, 9.17) is 10.8 Å². The number of nitrogens with two attached hydrogens (primary N) is 1. The summed E-state index contributed by atoms with van der Waals surface area (Å²) < 4.78 is 0. The van der Waals surface area contributed by atoms with E-state index in [1.807, 2.05) is 38.1 Å². The number of carbonyl (C=O) groups excluding carboxylic acids is 1. The average Bonchev–Trinajstić information content (AvgIpc) is 2.65. The summed E-state index contributed by atoms with van der Waals surface area (Å²) in [6.45, 7) is 5.90. The summed E-state index contributed by atoms with van der Waals surface area (Å²) >= 11 is 0. The Kier molecular flexibility index (Phi) is 7.80. The summed E-state index contributed by atoms with van der Waals surface area (Å²) in [5.41, 5.74) is 7.60. The highest BCUT2D eigenvalue weighted by Gasteiger charge is 2.34. The van der Waals surface area contributed by atoms with Crippen LogP contribution in [0, 0.1) is 17.3 Å². The van der Waals surface area contributed by atoms with Crippen LogP contribution in [0.25, 0.3) is 0 Å². The third-order valence-electron chi connectivity index (χ3n) is 5.72. The Morgan fingerprint density at radius 3 is 2.59 bits per heavy atom. The first-order valence-electron chi connectivity index (χ1n) is 10.2. The number of carbonyl (C=O) groups is 2. The fourth-order valence-electron chi connectivity index (χ4n) is 4.03. The summed E-state index contributed by atoms with van der Waals surface area (Å²) in [5.74, 6) is -1.67. The number of anilines is 1. The fourth-order valence-corrected chi connectivity index (χ4v) is 4.03. The van der Waals surface area contributed by atoms with Gasteiger partial charge in [-0.15, -0.1) is 0 Å². The van der Waals surface area contributed by atoms with Crippen LogP contribution in [0.15, 0.2) is 24.3 Å². The molecule has 0 fully saturated rings. The minimum atomic E-state index is -0.965. The molecule has 0 aliphatic carbocycles. The first-order chi connectivity index (χ1) is 13.5. The van der Waals surface area contributed by atoms with Gasteiger partial charge in [0.2, 0.25) is 5.91 Å². The number of fused-ring (bicyclic) bond motifs is 1. The molecule has 0 unspecified atom stereocenters. The predicted octanol–water partition coefficient (Wildman–Crippen LogP) is 1.79. The second kappa shape index (κ2) is 9.69. The number of rotatable bonds is 9. The number of aliphatic carboxylic acids is 1. The van der Waals surface area contributed by atoms with E-state index in [0.29, 0.717) is 13.0 Å². The molecular weight excluding hydrogens is 372 g/mol. The van der Waals surface area contributed by atoms with Crippen molar-refractivity contribution < 1.29 is 24.9 Å². The van der Waals surface area contributed by atoms with Crippen LogP contribution in [-0.2, 0) is 16.0 Å². The maximum absolute atomic E-state index is 13.1. The molecule has 0 aromatic heterocycles. The van der Waals surface area contributed by atoms with Crippen LogP contribution >= 0.6 is 0 Å². The Morgan fingerprint density at radius 2 is 1.97 bits per heavy atom. The van der Waals surface area contributed by atoms with Crippen molar-refractivity contribution in [3.05, 3.63) is 29.8 Å². The number of benzene rings is 1. The largest absolute Gasteiger partial charge is 0.481 e. The van der Waals surface area contributed by atoms with E-state index in [-0.39, 0.29) is 31.3 Å². The van der Waals surface area contributed by atoms with Gasteiger partial charge in [-0.05, 0) is 36.3 Å². The molecule has 1 heterocycles. The SMILES string of the molecule is C[C@H](C[C@H](O)[C@@H](N)CC(C)(C)CC(=O)N1C[C@H](CO)Cc2ccccc21)C(=O)O. The number of para-hydroxylation sites is 1. The second-order valence-corrected chi connectivity index (χ2v) is 9.14. The van der Waals surface area contributed by atoms with Gasteiger partial charge >= 0.3 is 5.97 Å². The zero-order valence-electron chi connectivity index (χ0n) is 17.5. The van der Waals surface area contributed by atoms with Crippen molar-refractivity contribution in [3.8, 4) is 0 Å². The van der Waals surface area contributed by atoms with Gasteiger partial charge in [-0.1, -0.05) is 39.0 Å². The molecule has 1 aromatic rings. The molecule has 0 saturated heterocycles. The maximum atomic E-state index is 13.1. The third-order valence-corrected chi connectivity index (χ3v) is 5.72. The summed E-state index contributed by atoms with van der Waals surface area (Å²) in [7, 11) is 0. The predicted molar refractivity (Wildman–Crippen MR) is 111 cm³/mol. The van der Waals surface area contributed by atoms with Gasteiger partial charge in [0.15, 0.2) is 0 Å². The number of hydrogen-bond acceptors (Lipinski definition) is 5. The van der Waals surface area contributed by atoms with E-state index in [0.717, 1.165) is 17.7 Å². The summed E-state index contributed by atoms with van der Waals surface area (Å²) in [6, 6.07) is 7.14. The maximum Gasteiger partial charge on any atom is 0.306 e. The Labute approximate surface area is 172 Å². The number of aliphatic hydroxyl groups excluding tert-OH is 2. The lowest BCUT2D eigenvalue weighted by atomic mass is 9.79. The van der Waals surface area contributed by atoms with Crippen LogP contribution in [0.3, 0.4) is 0 Å². The molecule has 0 radical (unpaired) electrons. The zero-order chi connectivity index (χ0) is 21.8. The van der Waals surface area contributed by atoms with E-state index in [1.54, 1.807) is 11.8 Å². The molecule has 29 heavy (non-hydrogen) atoms. The monoisotopic (exact) mass is 406 g/mol. The molecule has 0 bridgehead atoms. The van der Waals surface area contributed by atoms with Gasteiger partial charge in [-0.3, -0.25) is 9.59 Å². The number of hydrogen-bond donors (Lipinski definition) is 4. The lowest BCUT2D eigenvalue weighted by molar-refractivity contribution is -0.142. The lowest BCUT2D eigenvalue weighted by Crippen LogP contribution is -2.44. The van der Waals surface area contributed by atoms with Crippen LogP contribution in [0.4, 0.5) is 5.69 Å². The minimum Gasteiger partial charge on any atom is -0.481 e. The number of aliphatic hydroxyl groups is 2. The highest BCUT2D eigenvalue weighted by atomic mass is 16.4. The highest BCUT2D eigenvalue weighted by Crippen LogP contribution is 2.34. The van der Waals surface area contributed by atoms with Crippen LogP contribution < -0.4 is 10.6 Å². The quantitative estimate of drug-likeness (QED) is 0.496. The summed E-state index contributed by atoms with van der Waals surface area (Å²) in [5, 5.41) is 28.9. The number of carboxylic acids is 1. The average molecular weight is 407 g/mol. The number of carboxylic acid groups (broad SMARTS) is 1.